The van der Waals surface area contributed by atoms with Crippen molar-refractivity contribution in [2.24, 2.45) is 5.73 Å². The summed E-state index contributed by atoms with van der Waals surface area (Å²) in [7, 11) is 0. The average Bonchev–Trinajstić information content (AvgIpc) is 3.31. The van der Waals surface area contributed by atoms with Crippen molar-refractivity contribution in [3.05, 3.63) is 83.6 Å². The highest BCUT2D eigenvalue weighted by Gasteiger charge is 2.35. The Morgan fingerprint density at radius 3 is 2.38 bits per heavy atom. The van der Waals surface area contributed by atoms with Gasteiger partial charge in [-0.15, -0.1) is 0 Å². The molecule has 6 N–H and O–H groups in total. The number of anilines is 3. The fraction of sp³-hybridized carbons (Fsp3) is 0.192. The molecule has 0 aliphatic carbocycles. The van der Waals surface area contributed by atoms with E-state index >= 15 is 0 Å². The molecule has 1 fully saturated rings. The summed E-state index contributed by atoms with van der Waals surface area (Å²) in [5, 5.41) is 30.0. The van der Waals surface area contributed by atoms with Gasteiger partial charge in [0.05, 0.1) is 0 Å². The summed E-state index contributed by atoms with van der Waals surface area (Å²) in [5.41, 5.74) is 6.79. The Morgan fingerprint density at radius 2 is 1.68 bits per heavy atom. The van der Waals surface area contributed by atoms with Crippen molar-refractivity contribution in [3.63, 3.8) is 0 Å². The van der Waals surface area contributed by atoms with Gasteiger partial charge in [0.25, 0.3) is 17.7 Å². The number of fused-ring (bicyclic) bond motifs is 1. The number of nitrogens with one attached hydrogen (secondary N) is 2. The van der Waals surface area contributed by atoms with Crippen LogP contribution >= 0.6 is 23.1 Å². The zero-order valence-corrected chi connectivity index (χ0v) is 21.3. The van der Waals surface area contributed by atoms with Gasteiger partial charge < -0.3 is 26.6 Å². The van der Waals surface area contributed by atoms with E-state index in [1.165, 1.54) is 24.3 Å². The molecule has 0 unspecified atom stereocenters. The molecule has 37 heavy (non-hydrogen) atoms. The number of benzene rings is 3. The van der Waals surface area contributed by atoms with Crippen molar-refractivity contribution in [3.8, 4) is 0 Å². The summed E-state index contributed by atoms with van der Waals surface area (Å²) in [4.78, 5) is 30.8. The van der Waals surface area contributed by atoms with Gasteiger partial charge in [-0.2, -0.15) is 11.8 Å². The number of nitrogens with two attached hydrogens (primary N) is 1. The average molecular weight is 536 g/mol. The fourth-order valence-electron chi connectivity index (χ4n) is 4.09. The van der Waals surface area contributed by atoms with E-state index in [0.29, 0.717) is 18.2 Å². The van der Waals surface area contributed by atoms with Gasteiger partial charge >= 0.3 is 0 Å². The summed E-state index contributed by atoms with van der Waals surface area (Å²) in [6.07, 6.45) is 0. The lowest BCUT2D eigenvalue weighted by Crippen LogP contribution is -2.49. The number of hydrogen-bond donors (Lipinski definition) is 5. The minimum absolute atomic E-state index is 0.0500. The van der Waals surface area contributed by atoms with Crippen LogP contribution in [0.15, 0.2) is 66.7 Å². The Morgan fingerprint density at radius 1 is 0.973 bits per heavy atom. The second kappa shape index (κ2) is 10.5. The number of amides is 2. The van der Waals surface area contributed by atoms with Crippen molar-refractivity contribution in [1.82, 2.24) is 9.88 Å². The van der Waals surface area contributed by atoms with E-state index in [4.69, 9.17) is 5.73 Å². The van der Waals surface area contributed by atoms with E-state index in [1.807, 2.05) is 42.5 Å². The summed E-state index contributed by atoms with van der Waals surface area (Å²) >= 11 is 2.86. The van der Waals surface area contributed by atoms with E-state index in [-0.39, 0.29) is 21.8 Å². The molecule has 0 atom stereocenters. The maximum Gasteiger partial charge on any atom is 0.270 e. The van der Waals surface area contributed by atoms with E-state index in [9.17, 15) is 19.8 Å². The molecule has 190 valence electrons. The van der Waals surface area contributed by atoms with Crippen LogP contribution in [0.4, 0.5) is 15.8 Å². The summed E-state index contributed by atoms with van der Waals surface area (Å²) < 4.78 is 0. The Balaban J connectivity index is 1.32. The number of carbonyl (C=O) groups is 2. The van der Waals surface area contributed by atoms with Crippen molar-refractivity contribution >= 4 is 61.5 Å². The zero-order valence-electron chi connectivity index (χ0n) is 19.7. The van der Waals surface area contributed by atoms with Gasteiger partial charge in [0.2, 0.25) is 0 Å². The van der Waals surface area contributed by atoms with Crippen molar-refractivity contribution in [2.45, 2.75) is 5.91 Å². The van der Waals surface area contributed by atoms with Crippen LogP contribution in [-0.4, -0.2) is 56.5 Å². The molecule has 11 heteroatoms. The maximum atomic E-state index is 12.9. The molecule has 3 aromatic carbocycles. The number of nitrogens with zero attached hydrogens (tertiary/aromatic N) is 2. The SMILES string of the molecule is NC(=O)c1nc(Nc2ccc3ccccc3c2)sc1NC(=O)c1ccc(C(O)(O)N2CCSCC2)cc1. The predicted molar refractivity (Wildman–Crippen MR) is 147 cm³/mol. The van der Waals surface area contributed by atoms with Crippen LogP contribution in [0.25, 0.3) is 10.8 Å². The third kappa shape index (κ3) is 5.45. The smallest absolute Gasteiger partial charge is 0.270 e. The monoisotopic (exact) mass is 535 g/mol. The van der Waals surface area contributed by atoms with Gasteiger partial charge in [-0.05, 0) is 35.0 Å². The number of rotatable bonds is 7. The quantitative estimate of drug-likeness (QED) is 0.226. The number of primary amides is 1. The molecular formula is C26H25N5O4S2. The first-order valence-electron chi connectivity index (χ1n) is 11.6. The number of hydrogen-bond acceptors (Lipinski definition) is 9. The zero-order chi connectivity index (χ0) is 26.0. The van der Waals surface area contributed by atoms with Crippen LogP contribution in [0.2, 0.25) is 0 Å². The lowest BCUT2D eigenvalue weighted by molar-refractivity contribution is -0.273. The number of aliphatic hydroxyl groups is 2. The largest absolute Gasteiger partial charge is 0.364 e. The molecule has 1 aliphatic rings. The summed E-state index contributed by atoms with van der Waals surface area (Å²) in [6.45, 7) is 1.10. The van der Waals surface area contributed by atoms with E-state index in [1.54, 1.807) is 16.7 Å². The van der Waals surface area contributed by atoms with Crippen LogP contribution in [0.5, 0.6) is 0 Å². The lowest BCUT2D eigenvalue weighted by Gasteiger charge is -2.37. The highest BCUT2D eigenvalue weighted by molar-refractivity contribution is 7.99. The van der Waals surface area contributed by atoms with Gasteiger partial charge in [-0.25, -0.2) is 9.88 Å². The molecule has 1 saturated heterocycles. The standard InChI is InChI=1S/C26H25N5O4S2/c27-22(32)21-24(37-25(29-21)28-20-10-7-16-3-1-2-4-18(16)15-20)30-23(33)17-5-8-19(9-6-17)26(34,35)31-11-13-36-14-12-31/h1-10,15,34-35H,11-14H2,(H2,27,32)(H,28,29)(H,30,33). The minimum Gasteiger partial charge on any atom is -0.364 e. The Labute approximate surface area is 221 Å². The second-order valence-corrected chi connectivity index (χ2v) is 10.7. The number of thiazole rings is 1. The normalized spacial score (nSPS) is 14.4. The van der Waals surface area contributed by atoms with E-state index in [2.05, 4.69) is 15.6 Å². The van der Waals surface area contributed by atoms with Gasteiger partial charge in [-0.1, -0.05) is 53.8 Å². The highest BCUT2D eigenvalue weighted by Crippen LogP contribution is 2.32. The first-order valence-corrected chi connectivity index (χ1v) is 13.5. The van der Waals surface area contributed by atoms with Gasteiger partial charge in [0, 0.05) is 41.4 Å². The second-order valence-electron chi connectivity index (χ2n) is 8.51. The Hall–Kier alpha value is -3.48. The summed E-state index contributed by atoms with van der Waals surface area (Å²) in [5.74, 6) is -1.73. The van der Waals surface area contributed by atoms with E-state index < -0.39 is 17.7 Å². The molecule has 2 amide bonds. The van der Waals surface area contributed by atoms with Crippen LogP contribution in [-0.2, 0) is 5.91 Å². The first-order chi connectivity index (χ1) is 17.8. The Kier molecular flexibility index (Phi) is 7.13. The van der Waals surface area contributed by atoms with Crippen molar-refractivity contribution in [2.75, 3.05) is 35.2 Å². The predicted octanol–water partition coefficient (Wildman–Crippen LogP) is 3.53. The molecule has 1 aliphatic heterocycles. The molecule has 1 aromatic heterocycles. The molecule has 9 nitrogen and oxygen atoms in total. The summed E-state index contributed by atoms with van der Waals surface area (Å²) in [6, 6.07) is 19.8. The van der Waals surface area contributed by atoms with Gasteiger partial charge in [0.1, 0.15) is 5.00 Å². The highest BCUT2D eigenvalue weighted by atomic mass is 32.2. The van der Waals surface area contributed by atoms with Crippen LogP contribution in [0.1, 0.15) is 26.4 Å². The van der Waals surface area contributed by atoms with Crippen molar-refractivity contribution in [1.29, 1.82) is 0 Å². The molecular weight excluding hydrogens is 510 g/mol. The molecule has 4 aromatic rings. The molecule has 0 bridgehead atoms. The number of thioether (sulfide) groups is 1. The van der Waals surface area contributed by atoms with Crippen LogP contribution in [0.3, 0.4) is 0 Å². The van der Waals surface area contributed by atoms with Gasteiger partial charge in [-0.3, -0.25) is 9.59 Å². The van der Waals surface area contributed by atoms with E-state index in [0.717, 1.165) is 39.3 Å². The molecule has 5 rings (SSSR count). The van der Waals surface area contributed by atoms with Crippen LogP contribution < -0.4 is 16.4 Å². The molecule has 0 spiro atoms. The van der Waals surface area contributed by atoms with Crippen LogP contribution in [0, 0.1) is 0 Å². The molecule has 0 saturated carbocycles. The topological polar surface area (TPSA) is 141 Å². The number of carbonyl (C=O) groups excluding carboxylic acids is 2. The third-order valence-corrected chi connectivity index (χ3v) is 7.90. The molecule has 0 radical (unpaired) electrons. The minimum atomic E-state index is -2.11. The van der Waals surface area contributed by atoms with Crippen molar-refractivity contribution < 1.29 is 19.8 Å². The lowest BCUT2D eigenvalue weighted by atomic mass is 10.1. The first kappa shape index (κ1) is 25.2. The number of aromatic nitrogens is 1. The molecule has 2 heterocycles. The van der Waals surface area contributed by atoms with Gasteiger partial charge in [0.15, 0.2) is 10.8 Å². The maximum absolute atomic E-state index is 12.9. The Bertz CT molecular complexity index is 1450. The fourth-order valence-corrected chi connectivity index (χ4v) is 5.88. The third-order valence-electron chi connectivity index (χ3n) is 6.07.